The third-order valence-corrected chi connectivity index (χ3v) is 4.18. The Morgan fingerprint density at radius 3 is 2.80 bits per heavy atom. The number of nitrogens with zero attached hydrogens (tertiary/aromatic N) is 3. The highest BCUT2D eigenvalue weighted by molar-refractivity contribution is 5.29. The van der Waals surface area contributed by atoms with Crippen LogP contribution in [0.2, 0.25) is 0 Å². The number of nitrogens with two attached hydrogens (primary N) is 1. The number of aromatic nitrogens is 3. The Morgan fingerprint density at radius 1 is 1.35 bits per heavy atom. The molecule has 20 heavy (non-hydrogen) atoms. The van der Waals surface area contributed by atoms with E-state index in [2.05, 4.69) is 27.0 Å². The molecule has 3 N–H and O–H groups in total. The van der Waals surface area contributed by atoms with Crippen LogP contribution in [0.4, 0.5) is 5.95 Å². The van der Waals surface area contributed by atoms with E-state index in [0.29, 0.717) is 25.7 Å². The zero-order chi connectivity index (χ0) is 13.9. The number of piperidine rings is 1. The number of aromatic amines is 1. The number of hydrogen-bond donors (Lipinski definition) is 2. The summed E-state index contributed by atoms with van der Waals surface area (Å²) in [6, 6.07) is 0.271. The van der Waals surface area contributed by atoms with E-state index in [1.165, 1.54) is 0 Å². The van der Waals surface area contributed by atoms with Gasteiger partial charge in [-0.15, -0.1) is 5.10 Å². The van der Waals surface area contributed by atoms with Crippen LogP contribution in [0.15, 0.2) is 0 Å². The molecular formula is C13H23N5O2. The molecule has 0 radical (unpaired) electrons. The zero-order valence-electron chi connectivity index (χ0n) is 11.9. The van der Waals surface area contributed by atoms with E-state index in [0.717, 1.165) is 37.7 Å². The summed E-state index contributed by atoms with van der Waals surface area (Å²) in [6.07, 6.45) is 2.08. The molecule has 0 aromatic carbocycles. The summed E-state index contributed by atoms with van der Waals surface area (Å²) in [6.45, 7) is 5.83. The van der Waals surface area contributed by atoms with Crippen LogP contribution in [-0.2, 0) is 9.47 Å². The maximum absolute atomic E-state index is 5.97. The zero-order valence-corrected chi connectivity index (χ0v) is 11.9. The van der Waals surface area contributed by atoms with Crippen LogP contribution in [0.5, 0.6) is 0 Å². The molecular weight excluding hydrogens is 258 g/mol. The first kappa shape index (κ1) is 13.8. The van der Waals surface area contributed by atoms with Crippen molar-refractivity contribution in [2.24, 2.45) is 11.7 Å². The molecule has 0 saturated carbocycles. The Balaban J connectivity index is 1.60. The first-order valence-corrected chi connectivity index (χ1v) is 7.36. The second-order valence-corrected chi connectivity index (χ2v) is 5.64. The first-order valence-electron chi connectivity index (χ1n) is 7.36. The lowest BCUT2D eigenvalue weighted by Crippen LogP contribution is -2.40. The van der Waals surface area contributed by atoms with Crippen LogP contribution < -0.4 is 10.6 Å². The summed E-state index contributed by atoms with van der Waals surface area (Å²) in [4.78, 5) is 6.76. The maximum atomic E-state index is 5.97. The van der Waals surface area contributed by atoms with Crippen molar-refractivity contribution < 1.29 is 9.47 Å². The minimum Gasteiger partial charge on any atom is -0.376 e. The van der Waals surface area contributed by atoms with Gasteiger partial charge < -0.3 is 20.1 Å². The molecule has 2 aliphatic rings. The van der Waals surface area contributed by atoms with Crippen molar-refractivity contribution in [2.75, 3.05) is 37.8 Å². The van der Waals surface area contributed by atoms with Crippen molar-refractivity contribution in [3.8, 4) is 0 Å². The van der Waals surface area contributed by atoms with E-state index < -0.39 is 0 Å². The molecule has 3 heterocycles. The van der Waals surface area contributed by atoms with Crippen molar-refractivity contribution in [3.05, 3.63) is 5.82 Å². The standard InChI is InChI=1S/C13H23N5O2/c1-9(14)10-2-4-18(5-3-10)13-15-12(16-17-13)11-8-19-6-7-20-11/h9-11H,2-8,14H2,1H3,(H,15,16,17). The second kappa shape index (κ2) is 6.07. The Morgan fingerprint density at radius 2 is 2.15 bits per heavy atom. The van der Waals surface area contributed by atoms with Crippen molar-refractivity contribution in [3.63, 3.8) is 0 Å². The van der Waals surface area contributed by atoms with Crippen molar-refractivity contribution >= 4 is 5.95 Å². The molecule has 0 aliphatic carbocycles. The fourth-order valence-corrected chi connectivity index (χ4v) is 2.82. The smallest absolute Gasteiger partial charge is 0.244 e. The van der Waals surface area contributed by atoms with Gasteiger partial charge in [-0.05, 0) is 25.7 Å². The largest absolute Gasteiger partial charge is 0.376 e. The molecule has 2 aliphatic heterocycles. The topological polar surface area (TPSA) is 89.3 Å². The van der Waals surface area contributed by atoms with Gasteiger partial charge in [0, 0.05) is 19.1 Å². The third kappa shape index (κ3) is 2.94. The molecule has 2 atom stereocenters. The second-order valence-electron chi connectivity index (χ2n) is 5.64. The van der Waals surface area contributed by atoms with E-state index in [9.17, 15) is 0 Å². The number of rotatable bonds is 3. The summed E-state index contributed by atoms with van der Waals surface area (Å²) in [5, 5.41) is 7.28. The molecule has 7 heteroatoms. The Bertz CT molecular complexity index is 422. The van der Waals surface area contributed by atoms with Crippen LogP contribution in [-0.4, -0.2) is 54.1 Å². The van der Waals surface area contributed by atoms with Gasteiger partial charge in [-0.3, -0.25) is 5.10 Å². The van der Waals surface area contributed by atoms with Crippen molar-refractivity contribution in [1.82, 2.24) is 15.2 Å². The van der Waals surface area contributed by atoms with Gasteiger partial charge in [0.15, 0.2) is 5.82 Å². The first-order chi connectivity index (χ1) is 9.74. The van der Waals surface area contributed by atoms with Gasteiger partial charge in [0.2, 0.25) is 5.95 Å². The van der Waals surface area contributed by atoms with E-state index in [1.54, 1.807) is 0 Å². The summed E-state index contributed by atoms with van der Waals surface area (Å²) in [5.41, 5.74) is 5.97. The van der Waals surface area contributed by atoms with Crippen molar-refractivity contribution in [1.29, 1.82) is 0 Å². The van der Waals surface area contributed by atoms with Crippen LogP contribution in [0.1, 0.15) is 31.7 Å². The molecule has 0 spiro atoms. The highest BCUT2D eigenvalue weighted by Gasteiger charge is 2.26. The monoisotopic (exact) mass is 281 g/mol. The molecule has 2 saturated heterocycles. The summed E-state index contributed by atoms with van der Waals surface area (Å²) in [5.74, 6) is 2.13. The van der Waals surface area contributed by atoms with Crippen LogP contribution in [0.3, 0.4) is 0 Å². The molecule has 0 amide bonds. The predicted octanol–water partition coefficient (Wildman–Crippen LogP) is 0.456. The van der Waals surface area contributed by atoms with Crippen LogP contribution in [0, 0.1) is 5.92 Å². The Hall–Kier alpha value is -1.18. The van der Waals surface area contributed by atoms with Gasteiger partial charge in [0.25, 0.3) is 0 Å². The van der Waals surface area contributed by atoms with Crippen LogP contribution in [0.25, 0.3) is 0 Å². The summed E-state index contributed by atoms with van der Waals surface area (Å²) in [7, 11) is 0. The van der Waals surface area contributed by atoms with Gasteiger partial charge in [-0.25, -0.2) is 0 Å². The highest BCUT2D eigenvalue weighted by atomic mass is 16.6. The number of hydrogen-bond acceptors (Lipinski definition) is 6. The van der Waals surface area contributed by atoms with E-state index >= 15 is 0 Å². The van der Waals surface area contributed by atoms with E-state index in [1.807, 2.05) is 0 Å². The average molecular weight is 281 g/mol. The molecule has 2 fully saturated rings. The van der Waals surface area contributed by atoms with Gasteiger partial charge in [0.05, 0.1) is 19.8 Å². The number of nitrogens with one attached hydrogen (secondary N) is 1. The van der Waals surface area contributed by atoms with Crippen LogP contribution >= 0.6 is 0 Å². The molecule has 7 nitrogen and oxygen atoms in total. The molecule has 1 aromatic heterocycles. The predicted molar refractivity (Wildman–Crippen MR) is 74.5 cm³/mol. The maximum Gasteiger partial charge on any atom is 0.244 e. The molecule has 112 valence electrons. The lowest BCUT2D eigenvalue weighted by atomic mass is 9.91. The highest BCUT2D eigenvalue weighted by Crippen LogP contribution is 2.24. The SMILES string of the molecule is CC(N)C1CCN(c2n[nH]c(C3COCCO3)n2)CC1. The Labute approximate surface area is 118 Å². The minimum absolute atomic E-state index is 0.119. The van der Waals surface area contributed by atoms with E-state index in [-0.39, 0.29) is 12.1 Å². The third-order valence-electron chi connectivity index (χ3n) is 4.18. The molecule has 1 aromatic rings. The average Bonchev–Trinajstić information content (AvgIpc) is 2.98. The van der Waals surface area contributed by atoms with Gasteiger partial charge >= 0.3 is 0 Å². The Kier molecular flexibility index (Phi) is 4.18. The lowest BCUT2D eigenvalue weighted by molar-refractivity contribution is -0.0933. The molecule has 0 bridgehead atoms. The molecule has 2 unspecified atom stereocenters. The minimum atomic E-state index is -0.119. The van der Waals surface area contributed by atoms with Gasteiger partial charge in [-0.1, -0.05) is 0 Å². The quantitative estimate of drug-likeness (QED) is 0.836. The van der Waals surface area contributed by atoms with Gasteiger partial charge in [0.1, 0.15) is 6.10 Å². The number of H-pyrrole nitrogens is 1. The normalized spacial score (nSPS) is 26.7. The number of ether oxygens (including phenoxy) is 2. The molecule has 3 rings (SSSR count). The van der Waals surface area contributed by atoms with E-state index in [4.69, 9.17) is 15.2 Å². The fourth-order valence-electron chi connectivity index (χ4n) is 2.82. The summed E-state index contributed by atoms with van der Waals surface area (Å²) >= 11 is 0. The van der Waals surface area contributed by atoms with Gasteiger partial charge in [-0.2, -0.15) is 4.98 Å². The van der Waals surface area contributed by atoms with Crippen molar-refractivity contribution in [2.45, 2.75) is 31.9 Å². The number of anilines is 1. The summed E-state index contributed by atoms with van der Waals surface area (Å²) < 4.78 is 11.0. The lowest BCUT2D eigenvalue weighted by Gasteiger charge is -2.32. The fraction of sp³-hybridized carbons (Fsp3) is 0.846.